The fourth-order valence-electron chi connectivity index (χ4n) is 4.28. The summed E-state index contributed by atoms with van der Waals surface area (Å²) in [6.07, 6.45) is 7.56. The number of fused-ring (bicyclic) bond motifs is 1. The third-order valence-corrected chi connectivity index (χ3v) is 6.23. The monoisotopic (exact) mass is 444 g/mol. The molecule has 1 N–H and O–H groups in total. The first-order valence-corrected chi connectivity index (χ1v) is 12.3. The number of anilines is 1. The van der Waals surface area contributed by atoms with Crippen molar-refractivity contribution in [2.75, 3.05) is 45.7 Å². The van der Waals surface area contributed by atoms with Gasteiger partial charge >= 0.3 is 0 Å². The topological polar surface area (TPSA) is 31.4 Å². The van der Waals surface area contributed by atoms with Crippen molar-refractivity contribution in [3.8, 4) is 11.3 Å². The average molecular weight is 445 g/mol. The van der Waals surface area contributed by atoms with E-state index in [2.05, 4.69) is 91.2 Å². The van der Waals surface area contributed by atoms with Gasteiger partial charge in [-0.1, -0.05) is 49.9 Å². The van der Waals surface area contributed by atoms with Gasteiger partial charge in [-0.25, -0.2) is 4.98 Å². The molecule has 1 fully saturated rings. The Labute approximate surface area is 200 Å². The molecule has 2 heterocycles. The Morgan fingerprint density at radius 1 is 1.03 bits per heavy atom. The minimum Gasteiger partial charge on any atom is -0.394 e. The Kier molecular flexibility index (Phi) is 9.32. The molecule has 4 rings (SSSR count). The van der Waals surface area contributed by atoms with Gasteiger partial charge in [0, 0.05) is 36.8 Å². The molecule has 3 aromatic rings. The number of aromatic nitrogens is 1. The standard InChI is InChI=1S/C26H33N3.C3H7N/c1-4-20-11-14-23-25(18-20)27-24(19-26(23)29-16-5-6-17-29)22-12-9-21(10-13-22)8-7-15-28(2)3;1-3-4-2/h9-14,18-19H,4-8,15-17H2,1-3H3;3-4H,1H2,2H3. The summed E-state index contributed by atoms with van der Waals surface area (Å²) < 4.78 is 0. The first-order chi connectivity index (χ1) is 16.0. The normalized spacial score (nSPS) is 13.2. The average Bonchev–Trinajstić information content (AvgIpc) is 3.38. The number of rotatable bonds is 8. The van der Waals surface area contributed by atoms with Crippen molar-refractivity contribution >= 4 is 16.6 Å². The van der Waals surface area contributed by atoms with Crippen LogP contribution < -0.4 is 10.2 Å². The van der Waals surface area contributed by atoms with Crippen molar-refractivity contribution in [3.05, 3.63) is 72.4 Å². The maximum absolute atomic E-state index is 5.07. The minimum atomic E-state index is 1.04. The number of benzene rings is 2. The van der Waals surface area contributed by atoms with Gasteiger partial charge in [0.15, 0.2) is 0 Å². The molecule has 0 amide bonds. The Balaban J connectivity index is 0.000000709. The molecule has 0 spiro atoms. The number of nitrogens with one attached hydrogen (secondary N) is 1. The van der Waals surface area contributed by atoms with Gasteiger partial charge in [-0.05, 0) is 82.2 Å². The molecule has 1 saturated heterocycles. The van der Waals surface area contributed by atoms with Crippen LogP contribution in [0.25, 0.3) is 22.2 Å². The lowest BCUT2D eigenvalue weighted by Gasteiger charge is -2.21. The number of pyridine rings is 1. The van der Waals surface area contributed by atoms with Gasteiger partial charge in [0.05, 0.1) is 11.2 Å². The lowest BCUT2D eigenvalue weighted by molar-refractivity contribution is 0.400. The lowest BCUT2D eigenvalue weighted by Crippen LogP contribution is -2.18. The predicted octanol–water partition coefficient (Wildman–Crippen LogP) is 5.91. The van der Waals surface area contributed by atoms with Crippen molar-refractivity contribution < 1.29 is 0 Å². The molecule has 0 aliphatic carbocycles. The molecule has 0 unspecified atom stereocenters. The second-order valence-corrected chi connectivity index (χ2v) is 9.02. The first kappa shape index (κ1) is 24.8. The molecule has 0 bridgehead atoms. The van der Waals surface area contributed by atoms with E-state index in [0.717, 1.165) is 43.7 Å². The van der Waals surface area contributed by atoms with Crippen molar-refractivity contribution in [1.82, 2.24) is 15.2 Å². The number of aryl methyl sites for hydroxylation is 2. The molecule has 0 radical (unpaired) electrons. The quantitative estimate of drug-likeness (QED) is 0.468. The highest BCUT2D eigenvalue weighted by Gasteiger charge is 2.17. The number of hydrogen-bond acceptors (Lipinski definition) is 4. The maximum atomic E-state index is 5.07. The number of nitrogens with zero attached hydrogens (tertiary/aromatic N) is 3. The third-order valence-electron chi connectivity index (χ3n) is 6.23. The van der Waals surface area contributed by atoms with E-state index in [1.165, 1.54) is 47.0 Å². The minimum absolute atomic E-state index is 1.04. The van der Waals surface area contributed by atoms with Gasteiger partial charge in [-0.15, -0.1) is 0 Å². The van der Waals surface area contributed by atoms with Gasteiger partial charge in [-0.3, -0.25) is 0 Å². The zero-order valence-corrected chi connectivity index (χ0v) is 20.9. The Morgan fingerprint density at radius 2 is 1.70 bits per heavy atom. The molecule has 4 heteroatoms. The van der Waals surface area contributed by atoms with Crippen LogP contribution in [-0.2, 0) is 12.8 Å². The SMILES string of the molecule is C=CNC.CCc1ccc2c(N3CCCC3)cc(-c3ccc(CCCN(C)C)cc3)nc2c1. The summed E-state index contributed by atoms with van der Waals surface area (Å²) in [5.74, 6) is 0. The van der Waals surface area contributed by atoms with Crippen LogP contribution in [0.15, 0.2) is 61.3 Å². The van der Waals surface area contributed by atoms with E-state index in [1.54, 1.807) is 6.20 Å². The van der Waals surface area contributed by atoms with Gasteiger partial charge in [0.1, 0.15) is 0 Å². The summed E-state index contributed by atoms with van der Waals surface area (Å²) in [4.78, 5) is 9.85. The van der Waals surface area contributed by atoms with E-state index < -0.39 is 0 Å². The highest BCUT2D eigenvalue weighted by atomic mass is 15.1. The molecular formula is C29H40N4. The highest BCUT2D eigenvalue weighted by molar-refractivity contribution is 5.94. The zero-order chi connectivity index (χ0) is 23.6. The van der Waals surface area contributed by atoms with Gasteiger partial charge in [0.25, 0.3) is 0 Å². The van der Waals surface area contributed by atoms with E-state index in [9.17, 15) is 0 Å². The third kappa shape index (κ3) is 6.82. The summed E-state index contributed by atoms with van der Waals surface area (Å²) in [5, 5.41) is 3.98. The Morgan fingerprint density at radius 3 is 2.30 bits per heavy atom. The molecular weight excluding hydrogens is 404 g/mol. The Hall–Kier alpha value is -2.85. The van der Waals surface area contributed by atoms with Crippen molar-refractivity contribution in [2.45, 2.75) is 39.0 Å². The summed E-state index contributed by atoms with van der Waals surface area (Å²) >= 11 is 0. The molecule has 2 aromatic carbocycles. The summed E-state index contributed by atoms with van der Waals surface area (Å²) in [6.45, 7) is 9.01. The smallest absolute Gasteiger partial charge is 0.0733 e. The fraction of sp³-hybridized carbons (Fsp3) is 0.414. The van der Waals surface area contributed by atoms with Crippen LogP contribution in [0, 0.1) is 0 Å². The fourth-order valence-corrected chi connectivity index (χ4v) is 4.28. The molecule has 33 heavy (non-hydrogen) atoms. The molecule has 0 atom stereocenters. The van der Waals surface area contributed by atoms with Crippen LogP contribution in [0.1, 0.15) is 37.3 Å². The van der Waals surface area contributed by atoms with Crippen LogP contribution in [0.5, 0.6) is 0 Å². The molecule has 176 valence electrons. The molecule has 1 aromatic heterocycles. The van der Waals surface area contributed by atoms with Crippen LogP contribution in [0.2, 0.25) is 0 Å². The summed E-state index contributed by atoms with van der Waals surface area (Å²) in [6, 6.07) is 18.1. The first-order valence-electron chi connectivity index (χ1n) is 12.3. The van der Waals surface area contributed by atoms with Crippen molar-refractivity contribution in [3.63, 3.8) is 0 Å². The van der Waals surface area contributed by atoms with Crippen molar-refractivity contribution in [2.24, 2.45) is 0 Å². The van der Waals surface area contributed by atoms with E-state index in [0.29, 0.717) is 0 Å². The second-order valence-electron chi connectivity index (χ2n) is 9.02. The van der Waals surface area contributed by atoms with Crippen LogP contribution in [-0.4, -0.2) is 50.7 Å². The van der Waals surface area contributed by atoms with Gasteiger partial charge in [0.2, 0.25) is 0 Å². The van der Waals surface area contributed by atoms with Crippen molar-refractivity contribution in [1.29, 1.82) is 0 Å². The van der Waals surface area contributed by atoms with E-state index in [-0.39, 0.29) is 0 Å². The number of hydrogen-bond donors (Lipinski definition) is 1. The highest BCUT2D eigenvalue weighted by Crippen LogP contribution is 2.33. The predicted molar refractivity (Wildman–Crippen MR) is 144 cm³/mol. The molecule has 0 saturated carbocycles. The zero-order valence-electron chi connectivity index (χ0n) is 20.9. The largest absolute Gasteiger partial charge is 0.394 e. The Bertz CT molecular complexity index is 1020. The maximum Gasteiger partial charge on any atom is 0.0733 e. The van der Waals surface area contributed by atoms with Gasteiger partial charge in [-0.2, -0.15) is 0 Å². The molecule has 1 aliphatic heterocycles. The van der Waals surface area contributed by atoms with E-state index in [4.69, 9.17) is 4.98 Å². The molecule has 4 nitrogen and oxygen atoms in total. The summed E-state index contributed by atoms with van der Waals surface area (Å²) in [5.41, 5.74) is 7.53. The van der Waals surface area contributed by atoms with Crippen LogP contribution >= 0.6 is 0 Å². The summed E-state index contributed by atoms with van der Waals surface area (Å²) in [7, 11) is 6.08. The van der Waals surface area contributed by atoms with Crippen LogP contribution in [0.4, 0.5) is 5.69 Å². The van der Waals surface area contributed by atoms with E-state index >= 15 is 0 Å². The van der Waals surface area contributed by atoms with Gasteiger partial charge < -0.3 is 15.1 Å². The van der Waals surface area contributed by atoms with Crippen LogP contribution in [0.3, 0.4) is 0 Å². The second kappa shape index (κ2) is 12.4. The van der Waals surface area contributed by atoms with E-state index in [1.807, 2.05) is 7.05 Å². The molecule has 1 aliphatic rings. The lowest BCUT2D eigenvalue weighted by atomic mass is 10.0.